The van der Waals surface area contributed by atoms with Crippen molar-refractivity contribution in [1.29, 1.82) is 5.26 Å². The van der Waals surface area contributed by atoms with Crippen LogP contribution in [0.15, 0.2) is 0 Å². The summed E-state index contributed by atoms with van der Waals surface area (Å²) < 4.78 is 0. The summed E-state index contributed by atoms with van der Waals surface area (Å²) in [5.41, 5.74) is 0.840. The Bertz CT molecular complexity index is 382. The van der Waals surface area contributed by atoms with Gasteiger partial charge in [-0.25, -0.2) is 0 Å². The highest BCUT2D eigenvalue weighted by molar-refractivity contribution is 5.05. The van der Waals surface area contributed by atoms with Crippen molar-refractivity contribution in [3.63, 3.8) is 0 Å². The maximum Gasteiger partial charge on any atom is 0.0621 e. The van der Waals surface area contributed by atoms with Gasteiger partial charge in [-0.15, -0.1) is 0 Å². The highest BCUT2D eigenvalue weighted by Gasteiger charge is 2.53. The first-order valence-electron chi connectivity index (χ1n) is 9.03. The van der Waals surface area contributed by atoms with Crippen molar-refractivity contribution in [3.8, 4) is 6.07 Å². The monoisotopic (exact) mass is 288 g/mol. The van der Waals surface area contributed by atoms with Crippen LogP contribution in [0.4, 0.5) is 0 Å². The zero-order valence-electron chi connectivity index (χ0n) is 14.1. The maximum atomic E-state index is 8.79. The summed E-state index contributed by atoms with van der Waals surface area (Å²) in [6.45, 7) is 8.08. The van der Waals surface area contributed by atoms with Gasteiger partial charge in [0, 0.05) is 19.0 Å². The van der Waals surface area contributed by atoms with Crippen LogP contribution in [0.5, 0.6) is 0 Å². The summed E-state index contributed by atoms with van der Waals surface area (Å²) in [6.07, 6.45) is 10.7. The first-order chi connectivity index (χ1) is 9.92. The Labute approximate surface area is 130 Å². The lowest BCUT2D eigenvalue weighted by atomic mass is 9.48. The summed E-state index contributed by atoms with van der Waals surface area (Å²) in [4.78, 5) is 0. The molecule has 4 saturated carbocycles. The Kier molecular flexibility index (Phi) is 4.08. The Balaban J connectivity index is 1.58. The van der Waals surface area contributed by atoms with Crippen molar-refractivity contribution >= 4 is 0 Å². The minimum atomic E-state index is 0.242. The van der Waals surface area contributed by atoms with Gasteiger partial charge in [-0.1, -0.05) is 13.8 Å². The Morgan fingerprint density at radius 3 is 2.14 bits per heavy atom. The molecule has 4 bridgehead atoms. The fourth-order valence-corrected chi connectivity index (χ4v) is 5.84. The van der Waals surface area contributed by atoms with E-state index in [4.69, 9.17) is 5.26 Å². The largest absolute Gasteiger partial charge is 0.313 e. The third kappa shape index (κ3) is 3.14. The SMILES string of the molecule is CC(NCC(C)(C)CCC#N)C12CC3CC(CC(C3)C1)C2. The van der Waals surface area contributed by atoms with Gasteiger partial charge < -0.3 is 5.32 Å². The second-order valence-electron chi connectivity index (χ2n) is 9.20. The second kappa shape index (κ2) is 5.58. The van der Waals surface area contributed by atoms with Crippen molar-refractivity contribution in [2.24, 2.45) is 28.6 Å². The average molecular weight is 288 g/mol. The van der Waals surface area contributed by atoms with E-state index in [1.165, 1.54) is 38.5 Å². The van der Waals surface area contributed by atoms with E-state index in [0.29, 0.717) is 17.9 Å². The number of hydrogen-bond acceptors (Lipinski definition) is 2. The molecule has 1 atom stereocenters. The molecule has 0 saturated heterocycles. The smallest absolute Gasteiger partial charge is 0.0621 e. The maximum absolute atomic E-state index is 8.79. The molecule has 1 unspecified atom stereocenters. The first kappa shape index (κ1) is 15.3. The van der Waals surface area contributed by atoms with Gasteiger partial charge in [0.1, 0.15) is 0 Å². The number of nitriles is 1. The normalized spacial score (nSPS) is 39.2. The molecule has 2 nitrogen and oxygen atoms in total. The van der Waals surface area contributed by atoms with Crippen molar-refractivity contribution < 1.29 is 0 Å². The third-order valence-corrected chi connectivity index (χ3v) is 6.80. The molecular formula is C19H32N2. The molecule has 4 aliphatic rings. The lowest BCUT2D eigenvalue weighted by molar-refractivity contribution is -0.0715. The lowest BCUT2D eigenvalue weighted by Gasteiger charge is -2.59. The molecule has 1 N–H and O–H groups in total. The molecule has 0 radical (unpaired) electrons. The summed E-state index contributed by atoms with van der Waals surface area (Å²) in [6, 6.07) is 2.94. The number of hydrogen-bond donors (Lipinski definition) is 1. The lowest BCUT2D eigenvalue weighted by Crippen LogP contribution is -2.55. The standard InChI is InChI=1S/C19H32N2/c1-14(21-13-18(2,3)5-4-6-20)19-10-15-7-16(11-19)9-17(8-15)12-19/h14-17,21H,4-5,7-13H2,1-3H3. The topological polar surface area (TPSA) is 35.8 Å². The van der Waals surface area contributed by atoms with E-state index in [-0.39, 0.29) is 5.41 Å². The molecule has 21 heavy (non-hydrogen) atoms. The van der Waals surface area contributed by atoms with Crippen LogP contribution in [-0.2, 0) is 0 Å². The highest BCUT2D eigenvalue weighted by Crippen LogP contribution is 2.61. The van der Waals surface area contributed by atoms with Crippen molar-refractivity contribution in [2.75, 3.05) is 6.54 Å². The molecule has 0 spiro atoms. The Morgan fingerprint density at radius 2 is 1.67 bits per heavy atom. The van der Waals surface area contributed by atoms with Gasteiger partial charge in [0.05, 0.1) is 6.07 Å². The van der Waals surface area contributed by atoms with Crippen LogP contribution in [0.2, 0.25) is 0 Å². The van der Waals surface area contributed by atoms with Gasteiger partial charge in [-0.2, -0.15) is 5.26 Å². The Hall–Kier alpha value is -0.550. The summed E-state index contributed by atoms with van der Waals surface area (Å²) in [5.74, 6) is 3.10. The highest BCUT2D eigenvalue weighted by atomic mass is 14.9. The molecule has 0 aromatic rings. The summed E-state index contributed by atoms with van der Waals surface area (Å²) >= 11 is 0. The van der Waals surface area contributed by atoms with E-state index < -0.39 is 0 Å². The van der Waals surface area contributed by atoms with E-state index in [1.807, 2.05) is 0 Å². The fourth-order valence-electron chi connectivity index (χ4n) is 5.84. The fraction of sp³-hybridized carbons (Fsp3) is 0.947. The predicted molar refractivity (Wildman–Crippen MR) is 86.7 cm³/mol. The van der Waals surface area contributed by atoms with E-state index in [0.717, 1.165) is 30.7 Å². The number of nitrogens with zero attached hydrogens (tertiary/aromatic N) is 1. The molecule has 0 amide bonds. The van der Waals surface area contributed by atoms with Crippen LogP contribution in [0.25, 0.3) is 0 Å². The van der Waals surface area contributed by atoms with Crippen LogP contribution >= 0.6 is 0 Å². The molecule has 2 heteroatoms. The molecule has 4 fully saturated rings. The van der Waals surface area contributed by atoms with Crippen LogP contribution in [-0.4, -0.2) is 12.6 Å². The summed E-state index contributed by atoms with van der Waals surface area (Å²) in [7, 11) is 0. The molecule has 4 aliphatic carbocycles. The molecular weight excluding hydrogens is 256 g/mol. The first-order valence-corrected chi connectivity index (χ1v) is 9.03. The third-order valence-electron chi connectivity index (χ3n) is 6.80. The number of rotatable bonds is 6. The van der Waals surface area contributed by atoms with E-state index >= 15 is 0 Å². The number of nitrogens with one attached hydrogen (secondary N) is 1. The van der Waals surface area contributed by atoms with Crippen LogP contribution in [0.1, 0.15) is 72.1 Å². The van der Waals surface area contributed by atoms with Gasteiger partial charge in [0.15, 0.2) is 0 Å². The van der Waals surface area contributed by atoms with E-state index in [1.54, 1.807) is 0 Å². The van der Waals surface area contributed by atoms with Gasteiger partial charge in [-0.3, -0.25) is 0 Å². The molecule has 118 valence electrons. The van der Waals surface area contributed by atoms with E-state index in [9.17, 15) is 0 Å². The zero-order chi connectivity index (χ0) is 15.1. The quantitative estimate of drug-likeness (QED) is 0.780. The molecule has 0 heterocycles. The second-order valence-corrected chi connectivity index (χ2v) is 9.20. The zero-order valence-corrected chi connectivity index (χ0v) is 14.1. The molecule has 0 aromatic heterocycles. The van der Waals surface area contributed by atoms with Crippen molar-refractivity contribution in [1.82, 2.24) is 5.32 Å². The molecule has 0 aromatic carbocycles. The van der Waals surface area contributed by atoms with Gasteiger partial charge in [-0.05, 0) is 80.5 Å². The van der Waals surface area contributed by atoms with Gasteiger partial charge >= 0.3 is 0 Å². The van der Waals surface area contributed by atoms with Crippen LogP contribution in [0, 0.1) is 39.9 Å². The van der Waals surface area contributed by atoms with Gasteiger partial charge in [0.25, 0.3) is 0 Å². The Morgan fingerprint density at radius 1 is 1.14 bits per heavy atom. The van der Waals surface area contributed by atoms with E-state index in [2.05, 4.69) is 32.2 Å². The molecule has 4 rings (SSSR count). The molecule has 0 aliphatic heterocycles. The predicted octanol–water partition coefficient (Wildman–Crippen LogP) is 4.51. The van der Waals surface area contributed by atoms with Crippen molar-refractivity contribution in [3.05, 3.63) is 0 Å². The minimum absolute atomic E-state index is 0.242. The average Bonchev–Trinajstić information content (AvgIpc) is 2.41. The summed E-state index contributed by atoms with van der Waals surface area (Å²) in [5, 5.41) is 12.7. The van der Waals surface area contributed by atoms with Crippen LogP contribution in [0.3, 0.4) is 0 Å². The van der Waals surface area contributed by atoms with Crippen molar-refractivity contribution in [2.45, 2.75) is 78.2 Å². The van der Waals surface area contributed by atoms with Crippen LogP contribution < -0.4 is 5.32 Å². The minimum Gasteiger partial charge on any atom is -0.313 e. The van der Waals surface area contributed by atoms with Gasteiger partial charge in [0.2, 0.25) is 0 Å².